The number of nitrogens with zero attached hydrogens (tertiary/aromatic N) is 1. The van der Waals surface area contributed by atoms with Gasteiger partial charge in [-0.2, -0.15) is 0 Å². The van der Waals surface area contributed by atoms with Crippen molar-refractivity contribution in [2.24, 2.45) is 4.99 Å². The number of amides is 1. The third-order valence-corrected chi connectivity index (χ3v) is 4.88. The molecule has 134 valence electrons. The van der Waals surface area contributed by atoms with Gasteiger partial charge in [0.05, 0.1) is 24.8 Å². The van der Waals surface area contributed by atoms with Crippen LogP contribution in [0.2, 0.25) is 0 Å². The monoisotopic (exact) mass is 368 g/mol. The Morgan fingerprint density at radius 2 is 1.96 bits per heavy atom. The fourth-order valence-electron chi connectivity index (χ4n) is 2.60. The van der Waals surface area contributed by atoms with Crippen molar-refractivity contribution < 1.29 is 14.3 Å². The largest absolute Gasteiger partial charge is 0.497 e. The topological polar surface area (TPSA) is 59.9 Å². The zero-order valence-electron chi connectivity index (χ0n) is 14.9. The number of ether oxygens (including phenoxy) is 2. The standard InChI is InChI=1S/C20H20N2O3S/c1-4-13-7-5-6-8-16(13)21-20-22-19(23)18(26-20)12-14-11-15(24-2)9-10-17(14)25-3/h5-12H,4H2,1-3H3,(H,21,22,23). The molecule has 0 atom stereocenters. The van der Waals surface area contributed by atoms with Crippen molar-refractivity contribution in [1.82, 2.24) is 5.32 Å². The number of carbonyl (C=O) groups is 1. The Hall–Kier alpha value is -2.73. The van der Waals surface area contributed by atoms with E-state index in [1.165, 1.54) is 11.8 Å². The van der Waals surface area contributed by atoms with Gasteiger partial charge in [0.25, 0.3) is 5.91 Å². The fourth-order valence-corrected chi connectivity index (χ4v) is 3.43. The molecule has 0 radical (unpaired) electrons. The van der Waals surface area contributed by atoms with Crippen LogP contribution >= 0.6 is 11.8 Å². The van der Waals surface area contributed by atoms with Crippen LogP contribution in [0.4, 0.5) is 5.69 Å². The highest BCUT2D eigenvalue weighted by Gasteiger charge is 2.24. The highest BCUT2D eigenvalue weighted by Crippen LogP contribution is 2.32. The Balaban J connectivity index is 1.91. The minimum absolute atomic E-state index is 0.174. The van der Waals surface area contributed by atoms with E-state index in [4.69, 9.17) is 9.47 Å². The van der Waals surface area contributed by atoms with Crippen molar-refractivity contribution in [2.75, 3.05) is 14.2 Å². The van der Waals surface area contributed by atoms with Crippen LogP contribution in [0.1, 0.15) is 18.1 Å². The molecule has 0 unspecified atom stereocenters. The zero-order chi connectivity index (χ0) is 18.5. The van der Waals surface area contributed by atoms with Gasteiger partial charge >= 0.3 is 0 Å². The number of amidine groups is 1. The van der Waals surface area contributed by atoms with Gasteiger partial charge in [-0.15, -0.1) is 0 Å². The molecular weight excluding hydrogens is 348 g/mol. The number of carbonyl (C=O) groups excluding carboxylic acids is 1. The number of para-hydroxylation sites is 1. The molecule has 6 heteroatoms. The maximum Gasteiger partial charge on any atom is 0.264 e. The normalized spacial score (nSPS) is 16.8. The summed E-state index contributed by atoms with van der Waals surface area (Å²) < 4.78 is 10.6. The number of rotatable bonds is 5. The Labute approximate surface area is 157 Å². The summed E-state index contributed by atoms with van der Waals surface area (Å²) in [7, 11) is 3.20. The minimum Gasteiger partial charge on any atom is -0.497 e. The quantitative estimate of drug-likeness (QED) is 0.805. The first kappa shape index (κ1) is 18.1. The summed E-state index contributed by atoms with van der Waals surface area (Å²) in [6, 6.07) is 13.4. The van der Waals surface area contributed by atoms with E-state index in [2.05, 4.69) is 17.2 Å². The molecule has 0 aliphatic carbocycles. The Morgan fingerprint density at radius 3 is 2.69 bits per heavy atom. The van der Waals surface area contributed by atoms with Crippen molar-refractivity contribution in [2.45, 2.75) is 13.3 Å². The lowest BCUT2D eigenvalue weighted by Gasteiger charge is -2.07. The van der Waals surface area contributed by atoms with Gasteiger partial charge in [0.1, 0.15) is 11.5 Å². The van der Waals surface area contributed by atoms with Crippen molar-refractivity contribution >= 4 is 34.6 Å². The molecule has 0 aromatic heterocycles. The lowest BCUT2D eigenvalue weighted by molar-refractivity contribution is -0.115. The number of aliphatic imine (C=N–C) groups is 1. The fraction of sp³-hybridized carbons (Fsp3) is 0.200. The summed E-state index contributed by atoms with van der Waals surface area (Å²) in [5.41, 5.74) is 2.79. The summed E-state index contributed by atoms with van der Waals surface area (Å²) in [5, 5.41) is 3.40. The van der Waals surface area contributed by atoms with E-state index in [1.807, 2.05) is 42.5 Å². The third kappa shape index (κ3) is 3.91. The molecule has 5 nitrogen and oxygen atoms in total. The predicted octanol–water partition coefficient (Wildman–Crippen LogP) is 4.16. The lowest BCUT2D eigenvalue weighted by Crippen LogP contribution is -2.19. The summed E-state index contributed by atoms with van der Waals surface area (Å²) >= 11 is 1.31. The molecule has 2 aromatic carbocycles. The SMILES string of the molecule is CCc1ccccc1N=C1NC(=O)C(=Cc2cc(OC)ccc2OC)S1. The van der Waals surface area contributed by atoms with Crippen LogP contribution in [0.25, 0.3) is 6.08 Å². The molecule has 0 bridgehead atoms. The number of thioether (sulfide) groups is 1. The van der Waals surface area contributed by atoms with Gasteiger partial charge in [0.15, 0.2) is 5.17 Å². The molecular formula is C20H20N2O3S. The van der Waals surface area contributed by atoms with E-state index in [1.54, 1.807) is 20.3 Å². The van der Waals surface area contributed by atoms with Gasteiger partial charge < -0.3 is 14.8 Å². The van der Waals surface area contributed by atoms with Crippen LogP contribution in [0.5, 0.6) is 11.5 Å². The Bertz CT molecular complexity index is 890. The van der Waals surface area contributed by atoms with Gasteiger partial charge in [0, 0.05) is 5.56 Å². The summed E-state index contributed by atoms with van der Waals surface area (Å²) in [5.74, 6) is 1.20. The molecule has 0 spiro atoms. The van der Waals surface area contributed by atoms with Crippen LogP contribution in [0.15, 0.2) is 52.4 Å². The van der Waals surface area contributed by atoms with Crippen LogP contribution in [0.3, 0.4) is 0 Å². The second kappa shape index (κ2) is 8.10. The van der Waals surface area contributed by atoms with Crippen molar-refractivity contribution in [3.05, 3.63) is 58.5 Å². The van der Waals surface area contributed by atoms with E-state index in [0.29, 0.717) is 21.6 Å². The van der Waals surface area contributed by atoms with E-state index in [-0.39, 0.29) is 5.91 Å². The van der Waals surface area contributed by atoms with Crippen molar-refractivity contribution in [3.63, 3.8) is 0 Å². The number of benzene rings is 2. The molecule has 1 N–H and O–H groups in total. The number of aryl methyl sites for hydroxylation is 1. The molecule has 1 amide bonds. The predicted molar refractivity (Wildman–Crippen MR) is 106 cm³/mol. The molecule has 26 heavy (non-hydrogen) atoms. The summed E-state index contributed by atoms with van der Waals surface area (Å²) in [6.07, 6.45) is 2.67. The van der Waals surface area contributed by atoms with Gasteiger partial charge in [-0.05, 0) is 54.1 Å². The van der Waals surface area contributed by atoms with E-state index in [9.17, 15) is 4.79 Å². The first-order valence-corrected chi connectivity index (χ1v) is 9.05. The lowest BCUT2D eigenvalue weighted by atomic mass is 10.1. The molecule has 1 saturated heterocycles. The first-order valence-electron chi connectivity index (χ1n) is 8.24. The van der Waals surface area contributed by atoms with Gasteiger partial charge in [0.2, 0.25) is 0 Å². The highest BCUT2D eigenvalue weighted by molar-refractivity contribution is 8.18. The average Bonchev–Trinajstić information content (AvgIpc) is 3.01. The number of hydrogen-bond donors (Lipinski definition) is 1. The maximum absolute atomic E-state index is 12.3. The second-order valence-electron chi connectivity index (χ2n) is 5.57. The Kier molecular flexibility index (Phi) is 5.63. The molecule has 2 aromatic rings. The van der Waals surface area contributed by atoms with Crippen LogP contribution in [0, 0.1) is 0 Å². The van der Waals surface area contributed by atoms with Crippen molar-refractivity contribution in [1.29, 1.82) is 0 Å². The Morgan fingerprint density at radius 1 is 1.15 bits per heavy atom. The average molecular weight is 368 g/mol. The second-order valence-corrected chi connectivity index (χ2v) is 6.60. The minimum atomic E-state index is -0.174. The van der Waals surface area contributed by atoms with Crippen LogP contribution in [-0.4, -0.2) is 25.3 Å². The van der Waals surface area contributed by atoms with E-state index < -0.39 is 0 Å². The molecule has 3 rings (SSSR count). The van der Waals surface area contributed by atoms with Gasteiger partial charge in [-0.3, -0.25) is 4.79 Å². The maximum atomic E-state index is 12.3. The van der Waals surface area contributed by atoms with Crippen molar-refractivity contribution in [3.8, 4) is 11.5 Å². The van der Waals surface area contributed by atoms with E-state index in [0.717, 1.165) is 23.2 Å². The number of nitrogens with one attached hydrogen (secondary N) is 1. The summed E-state index contributed by atoms with van der Waals surface area (Å²) in [6.45, 7) is 2.08. The smallest absolute Gasteiger partial charge is 0.264 e. The summed E-state index contributed by atoms with van der Waals surface area (Å²) in [4.78, 5) is 17.5. The third-order valence-electron chi connectivity index (χ3n) is 3.97. The van der Waals surface area contributed by atoms with Gasteiger partial charge in [-0.1, -0.05) is 25.1 Å². The van der Waals surface area contributed by atoms with Crippen LogP contribution < -0.4 is 14.8 Å². The number of methoxy groups -OCH3 is 2. The van der Waals surface area contributed by atoms with Gasteiger partial charge in [-0.25, -0.2) is 4.99 Å². The zero-order valence-corrected chi connectivity index (χ0v) is 15.7. The molecule has 1 aliphatic heterocycles. The highest BCUT2D eigenvalue weighted by atomic mass is 32.2. The molecule has 1 fully saturated rings. The van der Waals surface area contributed by atoms with E-state index >= 15 is 0 Å². The molecule has 1 heterocycles. The number of hydrogen-bond acceptors (Lipinski definition) is 5. The van der Waals surface area contributed by atoms with Crippen LogP contribution in [-0.2, 0) is 11.2 Å². The molecule has 1 aliphatic rings. The molecule has 0 saturated carbocycles. The first-order chi connectivity index (χ1) is 12.6.